The molecular weight excluding hydrogens is 432 g/mol. The van der Waals surface area contributed by atoms with Gasteiger partial charge in [-0.25, -0.2) is 4.79 Å². The molecule has 0 radical (unpaired) electrons. The van der Waals surface area contributed by atoms with E-state index in [0.29, 0.717) is 30.4 Å². The standard InChI is InChI=1S/C26H34N2O4Si/c1-7-30-25(29)22-23(20-14-10-8-11-15-20)27-28(21-16-12-9-13-17-21)24(22)31-18-19-32-33(5,6)26(2,3)4/h8-17H,7,18-19H2,1-6H3. The molecule has 33 heavy (non-hydrogen) atoms. The van der Waals surface area contributed by atoms with Gasteiger partial charge in [-0.1, -0.05) is 69.3 Å². The van der Waals surface area contributed by atoms with Crippen LogP contribution < -0.4 is 4.74 Å². The minimum Gasteiger partial charge on any atom is -0.475 e. The molecule has 7 heteroatoms. The monoisotopic (exact) mass is 466 g/mol. The summed E-state index contributed by atoms with van der Waals surface area (Å²) in [5.41, 5.74) is 2.46. The molecule has 0 bridgehead atoms. The van der Waals surface area contributed by atoms with Gasteiger partial charge in [0.2, 0.25) is 5.88 Å². The van der Waals surface area contributed by atoms with Gasteiger partial charge in [0.05, 0.1) is 18.9 Å². The molecule has 0 unspecified atom stereocenters. The molecule has 1 heterocycles. The van der Waals surface area contributed by atoms with E-state index in [9.17, 15) is 4.79 Å². The third kappa shape index (κ3) is 5.72. The van der Waals surface area contributed by atoms with E-state index in [0.717, 1.165) is 11.3 Å². The molecule has 0 amide bonds. The number of para-hydroxylation sites is 1. The van der Waals surface area contributed by atoms with E-state index >= 15 is 0 Å². The largest absolute Gasteiger partial charge is 0.475 e. The summed E-state index contributed by atoms with van der Waals surface area (Å²) in [7, 11) is -1.91. The van der Waals surface area contributed by atoms with Gasteiger partial charge in [-0.15, -0.1) is 0 Å². The summed E-state index contributed by atoms with van der Waals surface area (Å²) in [6, 6.07) is 19.2. The third-order valence-electron chi connectivity index (χ3n) is 5.96. The Balaban J connectivity index is 2.00. The summed E-state index contributed by atoms with van der Waals surface area (Å²) < 4.78 is 19.5. The topological polar surface area (TPSA) is 62.6 Å². The molecule has 1 aromatic heterocycles. The summed E-state index contributed by atoms with van der Waals surface area (Å²) in [6.45, 7) is 13.8. The Labute approximate surface area is 197 Å². The Kier molecular flexibility index (Phi) is 7.76. The van der Waals surface area contributed by atoms with Crippen molar-refractivity contribution >= 4 is 14.3 Å². The molecule has 3 aromatic rings. The molecule has 3 rings (SSSR count). The van der Waals surface area contributed by atoms with Crippen LogP contribution in [-0.4, -0.2) is 43.9 Å². The minimum absolute atomic E-state index is 0.107. The number of benzene rings is 2. The fourth-order valence-electron chi connectivity index (χ4n) is 3.12. The smallest absolute Gasteiger partial charge is 0.345 e. The fraction of sp³-hybridized carbons (Fsp3) is 0.385. The van der Waals surface area contributed by atoms with Crippen molar-refractivity contribution in [2.75, 3.05) is 19.8 Å². The van der Waals surface area contributed by atoms with Crippen LogP contribution in [0.25, 0.3) is 16.9 Å². The van der Waals surface area contributed by atoms with Crippen LogP contribution in [0.5, 0.6) is 5.88 Å². The van der Waals surface area contributed by atoms with Gasteiger partial charge >= 0.3 is 5.97 Å². The molecule has 0 N–H and O–H groups in total. The second-order valence-corrected chi connectivity index (χ2v) is 14.1. The first kappa shape index (κ1) is 24.7. The number of carbonyl (C=O) groups excluding carboxylic acids is 1. The van der Waals surface area contributed by atoms with Crippen LogP contribution in [0.4, 0.5) is 0 Å². The second kappa shape index (κ2) is 10.4. The van der Waals surface area contributed by atoms with Gasteiger partial charge in [-0.05, 0) is 37.2 Å². The van der Waals surface area contributed by atoms with E-state index in [2.05, 4.69) is 33.9 Å². The highest BCUT2D eigenvalue weighted by Gasteiger charge is 2.37. The fourth-order valence-corrected chi connectivity index (χ4v) is 4.14. The van der Waals surface area contributed by atoms with E-state index in [4.69, 9.17) is 19.0 Å². The minimum atomic E-state index is -1.91. The van der Waals surface area contributed by atoms with E-state index in [-0.39, 0.29) is 11.6 Å². The maximum atomic E-state index is 13.0. The number of esters is 1. The van der Waals surface area contributed by atoms with Crippen LogP contribution in [0.15, 0.2) is 60.7 Å². The van der Waals surface area contributed by atoms with Gasteiger partial charge in [0.25, 0.3) is 0 Å². The maximum absolute atomic E-state index is 13.0. The van der Waals surface area contributed by atoms with Crippen LogP contribution >= 0.6 is 0 Å². The van der Waals surface area contributed by atoms with Crippen LogP contribution in [0.2, 0.25) is 18.1 Å². The summed E-state index contributed by atoms with van der Waals surface area (Å²) in [5, 5.41) is 4.89. The van der Waals surface area contributed by atoms with E-state index in [1.165, 1.54) is 0 Å². The Morgan fingerprint density at radius 3 is 2.15 bits per heavy atom. The van der Waals surface area contributed by atoms with Crippen LogP contribution in [0, 0.1) is 0 Å². The average molecular weight is 467 g/mol. The first-order valence-corrected chi connectivity index (χ1v) is 14.2. The zero-order chi connectivity index (χ0) is 24.1. The third-order valence-corrected chi connectivity index (χ3v) is 10.5. The predicted octanol–water partition coefficient (Wildman–Crippen LogP) is 6.12. The normalized spacial score (nSPS) is 11.9. The summed E-state index contributed by atoms with van der Waals surface area (Å²) in [6.07, 6.45) is 0. The highest BCUT2D eigenvalue weighted by molar-refractivity contribution is 6.74. The van der Waals surface area contributed by atoms with Crippen LogP contribution in [-0.2, 0) is 9.16 Å². The van der Waals surface area contributed by atoms with Gasteiger partial charge in [0.15, 0.2) is 8.32 Å². The lowest BCUT2D eigenvalue weighted by molar-refractivity contribution is 0.0521. The molecule has 2 aromatic carbocycles. The Hall–Kier alpha value is -2.90. The summed E-state index contributed by atoms with van der Waals surface area (Å²) >= 11 is 0. The lowest BCUT2D eigenvalue weighted by Crippen LogP contribution is -2.41. The van der Waals surface area contributed by atoms with Gasteiger partial charge < -0.3 is 13.9 Å². The average Bonchev–Trinajstić information content (AvgIpc) is 3.17. The molecular formula is C26H34N2O4Si. The predicted molar refractivity (Wildman–Crippen MR) is 134 cm³/mol. The lowest BCUT2D eigenvalue weighted by atomic mass is 10.1. The summed E-state index contributed by atoms with van der Waals surface area (Å²) in [5.74, 6) is -0.101. The Morgan fingerprint density at radius 2 is 1.58 bits per heavy atom. The molecule has 176 valence electrons. The van der Waals surface area contributed by atoms with Crippen LogP contribution in [0.3, 0.4) is 0 Å². The van der Waals surface area contributed by atoms with Crippen molar-refractivity contribution in [3.63, 3.8) is 0 Å². The molecule has 0 aliphatic carbocycles. The Morgan fingerprint density at radius 1 is 0.970 bits per heavy atom. The number of ether oxygens (including phenoxy) is 2. The van der Waals surface area contributed by atoms with E-state index < -0.39 is 14.3 Å². The summed E-state index contributed by atoms with van der Waals surface area (Å²) in [4.78, 5) is 13.0. The molecule has 0 aliphatic rings. The maximum Gasteiger partial charge on any atom is 0.345 e. The molecule has 0 atom stereocenters. The van der Waals surface area contributed by atoms with E-state index in [1.54, 1.807) is 11.6 Å². The van der Waals surface area contributed by atoms with Gasteiger partial charge in [0.1, 0.15) is 17.9 Å². The van der Waals surface area contributed by atoms with Gasteiger partial charge in [0, 0.05) is 5.56 Å². The number of hydrogen-bond donors (Lipinski definition) is 0. The zero-order valence-corrected chi connectivity index (χ0v) is 21.4. The molecule has 0 fully saturated rings. The van der Waals surface area contributed by atoms with Crippen LogP contribution in [0.1, 0.15) is 38.1 Å². The van der Waals surface area contributed by atoms with Crippen molar-refractivity contribution in [3.05, 3.63) is 66.2 Å². The zero-order valence-electron chi connectivity index (χ0n) is 20.4. The van der Waals surface area contributed by atoms with Gasteiger partial charge in [-0.2, -0.15) is 9.78 Å². The lowest BCUT2D eigenvalue weighted by Gasteiger charge is -2.36. The molecule has 0 saturated carbocycles. The van der Waals surface area contributed by atoms with Crippen molar-refractivity contribution in [2.24, 2.45) is 0 Å². The number of hydrogen-bond acceptors (Lipinski definition) is 5. The van der Waals surface area contributed by atoms with Gasteiger partial charge in [-0.3, -0.25) is 0 Å². The molecule has 0 saturated heterocycles. The van der Waals surface area contributed by atoms with Crippen molar-refractivity contribution in [2.45, 2.75) is 45.8 Å². The number of rotatable bonds is 9. The molecule has 0 aliphatic heterocycles. The van der Waals surface area contributed by atoms with Crippen molar-refractivity contribution in [1.82, 2.24) is 9.78 Å². The van der Waals surface area contributed by atoms with Crippen molar-refractivity contribution in [1.29, 1.82) is 0 Å². The number of aromatic nitrogens is 2. The number of nitrogens with zero attached hydrogens (tertiary/aromatic N) is 2. The SMILES string of the molecule is CCOC(=O)c1c(-c2ccccc2)nn(-c2ccccc2)c1OCCO[Si](C)(C)C(C)(C)C. The molecule has 6 nitrogen and oxygen atoms in total. The van der Waals surface area contributed by atoms with Crippen molar-refractivity contribution in [3.8, 4) is 22.8 Å². The van der Waals surface area contributed by atoms with Crippen molar-refractivity contribution < 1.29 is 18.7 Å². The first-order chi connectivity index (χ1) is 15.7. The highest BCUT2D eigenvalue weighted by Crippen LogP contribution is 2.37. The van der Waals surface area contributed by atoms with E-state index in [1.807, 2.05) is 60.7 Å². The number of carbonyl (C=O) groups is 1. The Bertz CT molecular complexity index is 1060. The first-order valence-electron chi connectivity index (χ1n) is 11.3. The highest BCUT2D eigenvalue weighted by atomic mass is 28.4. The quantitative estimate of drug-likeness (QED) is 0.216. The second-order valence-electron chi connectivity index (χ2n) is 9.32. The molecule has 0 spiro atoms.